The van der Waals surface area contributed by atoms with E-state index in [1.54, 1.807) is 0 Å². The minimum Gasteiger partial charge on any atom is -0.448 e. The van der Waals surface area contributed by atoms with E-state index in [1.165, 1.54) is 0 Å². The third kappa shape index (κ3) is 4.75. The van der Waals surface area contributed by atoms with Gasteiger partial charge in [-0.25, -0.2) is 4.79 Å². The summed E-state index contributed by atoms with van der Waals surface area (Å²) in [5.74, 6) is -0.121. The molecule has 5 nitrogen and oxygen atoms in total. The van der Waals surface area contributed by atoms with Gasteiger partial charge in [0.25, 0.3) is 0 Å². The summed E-state index contributed by atoms with van der Waals surface area (Å²) in [7, 11) is 0. The summed E-state index contributed by atoms with van der Waals surface area (Å²) in [5, 5.41) is 2.65. The summed E-state index contributed by atoms with van der Waals surface area (Å²) in [6.07, 6.45) is -0.547. The Balaban J connectivity index is 2.40. The number of halogens is 1. The molecule has 0 saturated heterocycles. The van der Waals surface area contributed by atoms with Crippen molar-refractivity contribution in [2.24, 2.45) is 5.73 Å². The summed E-state index contributed by atoms with van der Waals surface area (Å²) < 4.78 is 5.48. The number of nitrogens with one attached hydrogen (secondary N) is 1. The fraction of sp³-hybridized carbons (Fsp3) is 0.333. The van der Waals surface area contributed by atoms with E-state index in [9.17, 15) is 9.59 Å². The molecule has 0 saturated carbocycles. The van der Waals surface area contributed by atoms with Crippen LogP contribution in [0, 0.1) is 6.92 Å². The van der Waals surface area contributed by atoms with E-state index in [2.05, 4.69) is 26.0 Å². The molecule has 1 rings (SSSR count). The van der Waals surface area contributed by atoms with Crippen molar-refractivity contribution in [1.82, 2.24) is 5.32 Å². The molecular formula is C12H15BrN2O3. The second-order valence-corrected chi connectivity index (χ2v) is 4.57. The second-order valence-electron chi connectivity index (χ2n) is 3.72. The van der Waals surface area contributed by atoms with E-state index in [4.69, 9.17) is 5.73 Å². The highest BCUT2D eigenvalue weighted by Crippen LogP contribution is 2.19. The van der Waals surface area contributed by atoms with Gasteiger partial charge in [0.05, 0.1) is 13.0 Å². The number of carbonyl (C=O) groups is 2. The van der Waals surface area contributed by atoms with Crippen molar-refractivity contribution in [3.8, 4) is 0 Å². The summed E-state index contributed by atoms with van der Waals surface area (Å²) in [4.78, 5) is 21.9. The van der Waals surface area contributed by atoms with Crippen LogP contribution in [0.3, 0.4) is 0 Å². The zero-order chi connectivity index (χ0) is 13.5. The normalized spacial score (nSPS) is 9.89. The van der Waals surface area contributed by atoms with Crippen LogP contribution in [-0.4, -0.2) is 25.2 Å². The van der Waals surface area contributed by atoms with Gasteiger partial charge in [0.15, 0.2) is 0 Å². The Morgan fingerprint density at radius 3 is 2.83 bits per heavy atom. The maximum atomic E-state index is 11.6. The molecule has 18 heavy (non-hydrogen) atoms. The van der Waals surface area contributed by atoms with E-state index in [0.717, 1.165) is 15.6 Å². The first kappa shape index (κ1) is 14.5. The summed E-state index contributed by atoms with van der Waals surface area (Å²) in [5.41, 5.74) is 6.79. The predicted molar refractivity (Wildman–Crippen MR) is 71.1 cm³/mol. The Labute approximate surface area is 114 Å². The fourth-order valence-corrected chi connectivity index (χ4v) is 1.83. The van der Waals surface area contributed by atoms with Gasteiger partial charge in [-0.05, 0) is 24.1 Å². The molecule has 0 aliphatic rings. The average Bonchev–Trinajstić information content (AvgIpc) is 2.30. The van der Waals surface area contributed by atoms with E-state index in [0.29, 0.717) is 6.42 Å². The minimum atomic E-state index is -0.841. The standard InChI is InChI=1S/C12H15BrN2O3/c1-8-9(3-2-4-10(8)13)7-11(16)15-5-6-18-12(14)17/h2-4H,5-7H2,1H3,(H2,14,17)(H,15,16). The topological polar surface area (TPSA) is 81.4 Å². The number of ether oxygens (including phenoxy) is 1. The molecule has 1 aromatic carbocycles. The Bertz CT molecular complexity index is 449. The highest BCUT2D eigenvalue weighted by molar-refractivity contribution is 9.10. The molecule has 0 aromatic heterocycles. The summed E-state index contributed by atoms with van der Waals surface area (Å²) in [6.45, 7) is 2.29. The van der Waals surface area contributed by atoms with Crippen LogP contribution in [0.2, 0.25) is 0 Å². The summed E-state index contributed by atoms with van der Waals surface area (Å²) >= 11 is 3.41. The number of nitrogens with two attached hydrogens (primary N) is 1. The van der Waals surface area contributed by atoms with Crippen LogP contribution in [0.1, 0.15) is 11.1 Å². The second kappa shape index (κ2) is 7.00. The molecule has 6 heteroatoms. The number of benzene rings is 1. The molecule has 2 amide bonds. The number of rotatable bonds is 5. The van der Waals surface area contributed by atoms with Crippen LogP contribution < -0.4 is 11.1 Å². The van der Waals surface area contributed by atoms with Crippen molar-refractivity contribution in [3.63, 3.8) is 0 Å². The molecule has 0 fully saturated rings. The van der Waals surface area contributed by atoms with E-state index in [-0.39, 0.29) is 19.1 Å². The highest BCUT2D eigenvalue weighted by atomic mass is 79.9. The molecule has 0 spiro atoms. The van der Waals surface area contributed by atoms with Crippen molar-refractivity contribution in [2.75, 3.05) is 13.2 Å². The highest BCUT2D eigenvalue weighted by Gasteiger charge is 2.07. The van der Waals surface area contributed by atoms with Gasteiger partial charge in [-0.15, -0.1) is 0 Å². The molecule has 1 aromatic rings. The minimum absolute atomic E-state index is 0.0819. The molecule has 0 atom stereocenters. The van der Waals surface area contributed by atoms with Crippen LogP contribution in [0.15, 0.2) is 22.7 Å². The Kier molecular flexibility index (Phi) is 5.64. The van der Waals surface area contributed by atoms with E-state index in [1.807, 2.05) is 25.1 Å². The Morgan fingerprint density at radius 1 is 1.44 bits per heavy atom. The summed E-state index contributed by atoms with van der Waals surface area (Å²) in [6, 6.07) is 5.72. The number of hydrogen-bond acceptors (Lipinski definition) is 3. The lowest BCUT2D eigenvalue weighted by Gasteiger charge is -2.08. The Morgan fingerprint density at radius 2 is 2.17 bits per heavy atom. The molecule has 0 bridgehead atoms. The zero-order valence-electron chi connectivity index (χ0n) is 10.0. The Hall–Kier alpha value is -1.56. The molecule has 0 aliphatic heterocycles. The van der Waals surface area contributed by atoms with Crippen molar-refractivity contribution in [3.05, 3.63) is 33.8 Å². The zero-order valence-corrected chi connectivity index (χ0v) is 11.6. The van der Waals surface area contributed by atoms with E-state index >= 15 is 0 Å². The maximum absolute atomic E-state index is 11.6. The monoisotopic (exact) mass is 314 g/mol. The SMILES string of the molecule is Cc1c(Br)cccc1CC(=O)NCCOC(N)=O. The molecule has 0 aliphatic carbocycles. The van der Waals surface area contributed by atoms with Gasteiger partial charge in [-0.1, -0.05) is 28.1 Å². The lowest BCUT2D eigenvalue weighted by atomic mass is 10.1. The molecule has 0 radical (unpaired) electrons. The predicted octanol–water partition coefficient (Wildman–Crippen LogP) is 1.51. The maximum Gasteiger partial charge on any atom is 0.404 e. The first-order valence-electron chi connectivity index (χ1n) is 5.43. The number of hydrogen-bond donors (Lipinski definition) is 2. The lowest BCUT2D eigenvalue weighted by Crippen LogP contribution is -2.30. The largest absolute Gasteiger partial charge is 0.448 e. The van der Waals surface area contributed by atoms with Crippen LogP contribution in [-0.2, 0) is 16.0 Å². The van der Waals surface area contributed by atoms with Crippen LogP contribution in [0.5, 0.6) is 0 Å². The molecule has 98 valence electrons. The van der Waals surface area contributed by atoms with Crippen molar-refractivity contribution in [1.29, 1.82) is 0 Å². The van der Waals surface area contributed by atoms with Crippen molar-refractivity contribution in [2.45, 2.75) is 13.3 Å². The fourth-order valence-electron chi connectivity index (χ4n) is 1.42. The first-order chi connectivity index (χ1) is 8.50. The van der Waals surface area contributed by atoms with Crippen LogP contribution in [0.25, 0.3) is 0 Å². The van der Waals surface area contributed by atoms with Gasteiger partial charge in [-0.2, -0.15) is 0 Å². The smallest absolute Gasteiger partial charge is 0.404 e. The molecule has 0 unspecified atom stereocenters. The third-order valence-electron chi connectivity index (χ3n) is 2.40. The van der Waals surface area contributed by atoms with Gasteiger partial charge in [0, 0.05) is 4.47 Å². The van der Waals surface area contributed by atoms with Gasteiger partial charge in [0.1, 0.15) is 6.61 Å². The van der Waals surface area contributed by atoms with Crippen LogP contribution >= 0.6 is 15.9 Å². The average molecular weight is 315 g/mol. The molecule has 0 heterocycles. The number of amides is 2. The van der Waals surface area contributed by atoms with E-state index < -0.39 is 6.09 Å². The van der Waals surface area contributed by atoms with Crippen LogP contribution in [0.4, 0.5) is 4.79 Å². The number of primary amides is 1. The first-order valence-corrected chi connectivity index (χ1v) is 6.23. The van der Waals surface area contributed by atoms with Gasteiger partial charge >= 0.3 is 6.09 Å². The third-order valence-corrected chi connectivity index (χ3v) is 3.26. The lowest BCUT2D eigenvalue weighted by molar-refractivity contribution is -0.120. The van der Waals surface area contributed by atoms with Gasteiger partial charge in [-0.3, -0.25) is 4.79 Å². The van der Waals surface area contributed by atoms with Gasteiger partial charge < -0.3 is 15.8 Å². The molecule has 3 N–H and O–H groups in total. The van der Waals surface area contributed by atoms with Crippen molar-refractivity contribution >= 4 is 27.9 Å². The van der Waals surface area contributed by atoms with Crippen molar-refractivity contribution < 1.29 is 14.3 Å². The quantitative estimate of drug-likeness (QED) is 0.808. The molecular weight excluding hydrogens is 300 g/mol. The number of carbonyl (C=O) groups excluding carboxylic acids is 2. The van der Waals surface area contributed by atoms with Gasteiger partial charge in [0.2, 0.25) is 5.91 Å².